The average molecular weight is 438 g/mol. The highest BCUT2D eigenvalue weighted by molar-refractivity contribution is 7.88. The second kappa shape index (κ2) is 9.24. The van der Waals surface area contributed by atoms with E-state index in [9.17, 15) is 18.3 Å². The molecule has 168 valence electrons. The summed E-state index contributed by atoms with van der Waals surface area (Å²) in [5.74, 6) is 0.430. The maximum absolute atomic E-state index is 13.0. The second-order valence-corrected chi connectivity index (χ2v) is 10.9. The Kier molecular flexibility index (Phi) is 7.09. The third kappa shape index (κ3) is 5.34. The third-order valence-electron chi connectivity index (χ3n) is 6.55. The Morgan fingerprint density at radius 3 is 2.10 bits per heavy atom. The van der Waals surface area contributed by atoms with Gasteiger partial charge in [0.05, 0.1) is 6.26 Å². The first-order valence-corrected chi connectivity index (χ1v) is 12.7. The Morgan fingerprint density at radius 1 is 1.07 bits per heavy atom. The van der Waals surface area contributed by atoms with E-state index in [1.165, 1.54) is 6.26 Å². The number of likely N-dealkylation sites (tertiary alicyclic amines) is 1. The van der Waals surface area contributed by atoms with E-state index in [-0.39, 0.29) is 11.8 Å². The highest BCUT2D eigenvalue weighted by atomic mass is 32.2. The molecular weight excluding hydrogens is 402 g/mol. The predicted molar refractivity (Wildman–Crippen MR) is 118 cm³/mol. The van der Waals surface area contributed by atoms with Crippen LogP contribution in [-0.4, -0.2) is 85.1 Å². The largest absolute Gasteiger partial charge is 0.507 e. The standard InChI is InChI=1S/C22H35N3O4S/c1-16-13-19(14-17(2)21(16)26)15-18(3)22(27)24-7-5-20(6-8-24)23-9-11-25(12-10-23)30(4,28)29/h13-14,18,20,26H,5-12,15H2,1-4H3/t18-/m1/s1. The second-order valence-electron chi connectivity index (χ2n) is 8.94. The molecular formula is C22H35N3O4S. The van der Waals surface area contributed by atoms with Gasteiger partial charge in [-0.15, -0.1) is 0 Å². The van der Waals surface area contributed by atoms with E-state index in [1.807, 2.05) is 37.8 Å². The van der Waals surface area contributed by atoms with Gasteiger partial charge in [-0.3, -0.25) is 9.69 Å². The fraction of sp³-hybridized carbons (Fsp3) is 0.682. The maximum Gasteiger partial charge on any atom is 0.225 e. The quantitative estimate of drug-likeness (QED) is 0.759. The molecule has 8 heteroatoms. The van der Waals surface area contributed by atoms with Crippen LogP contribution < -0.4 is 0 Å². The van der Waals surface area contributed by atoms with Crippen molar-refractivity contribution in [3.05, 3.63) is 28.8 Å². The zero-order chi connectivity index (χ0) is 22.1. The molecule has 0 saturated carbocycles. The number of piperazine rings is 1. The predicted octanol–water partition coefficient (Wildman–Crippen LogP) is 1.76. The molecule has 0 unspecified atom stereocenters. The molecule has 2 heterocycles. The molecule has 3 rings (SSSR count). The summed E-state index contributed by atoms with van der Waals surface area (Å²) in [6, 6.07) is 4.36. The number of aryl methyl sites for hydroxylation is 2. The van der Waals surface area contributed by atoms with Gasteiger partial charge in [0.25, 0.3) is 0 Å². The molecule has 1 aromatic rings. The molecule has 1 N–H and O–H groups in total. The molecule has 0 radical (unpaired) electrons. The van der Waals surface area contributed by atoms with Crippen LogP contribution in [0.4, 0.5) is 0 Å². The van der Waals surface area contributed by atoms with Gasteiger partial charge in [0.1, 0.15) is 5.75 Å². The van der Waals surface area contributed by atoms with E-state index in [0.29, 0.717) is 31.3 Å². The van der Waals surface area contributed by atoms with Crippen LogP contribution in [0.2, 0.25) is 0 Å². The monoisotopic (exact) mass is 437 g/mol. The van der Waals surface area contributed by atoms with Crippen molar-refractivity contribution in [3.63, 3.8) is 0 Å². The van der Waals surface area contributed by atoms with Crippen LogP contribution in [0.25, 0.3) is 0 Å². The molecule has 2 aliphatic rings. The number of hydrogen-bond acceptors (Lipinski definition) is 5. The van der Waals surface area contributed by atoms with E-state index in [4.69, 9.17) is 0 Å². The van der Waals surface area contributed by atoms with Gasteiger partial charge in [-0.25, -0.2) is 8.42 Å². The lowest BCUT2D eigenvalue weighted by atomic mass is 9.95. The number of phenols is 1. The van der Waals surface area contributed by atoms with E-state index < -0.39 is 10.0 Å². The third-order valence-corrected chi connectivity index (χ3v) is 7.85. The minimum atomic E-state index is -3.10. The highest BCUT2D eigenvalue weighted by Gasteiger charge is 2.32. The van der Waals surface area contributed by atoms with Crippen molar-refractivity contribution in [2.24, 2.45) is 5.92 Å². The molecule has 1 atom stereocenters. The van der Waals surface area contributed by atoms with Gasteiger partial charge in [0.2, 0.25) is 15.9 Å². The van der Waals surface area contributed by atoms with Crippen molar-refractivity contribution < 1.29 is 18.3 Å². The minimum absolute atomic E-state index is 0.0943. The summed E-state index contributed by atoms with van der Waals surface area (Å²) < 4.78 is 24.9. The molecule has 0 aromatic heterocycles. The smallest absolute Gasteiger partial charge is 0.225 e. The zero-order valence-corrected chi connectivity index (χ0v) is 19.4. The Labute approximate surface area is 180 Å². The van der Waals surface area contributed by atoms with Crippen molar-refractivity contribution in [3.8, 4) is 5.75 Å². The number of piperidine rings is 1. The SMILES string of the molecule is Cc1cc(C[C@@H](C)C(=O)N2CCC(N3CCN(S(C)(=O)=O)CC3)CC2)cc(C)c1O. The van der Waals surface area contributed by atoms with Gasteiger partial charge in [0.15, 0.2) is 0 Å². The Morgan fingerprint density at radius 2 is 1.60 bits per heavy atom. The summed E-state index contributed by atoms with van der Waals surface area (Å²) in [7, 11) is -3.10. The zero-order valence-electron chi connectivity index (χ0n) is 18.6. The molecule has 30 heavy (non-hydrogen) atoms. The lowest BCUT2D eigenvalue weighted by Gasteiger charge is -2.42. The number of sulfonamides is 1. The van der Waals surface area contributed by atoms with Gasteiger partial charge in [-0.05, 0) is 49.8 Å². The number of amides is 1. The van der Waals surface area contributed by atoms with E-state index in [2.05, 4.69) is 4.90 Å². The number of nitrogens with zero attached hydrogens (tertiary/aromatic N) is 3. The first kappa shape index (κ1) is 23.0. The molecule has 1 aromatic carbocycles. The molecule has 7 nitrogen and oxygen atoms in total. The van der Waals surface area contributed by atoms with Crippen LogP contribution >= 0.6 is 0 Å². The van der Waals surface area contributed by atoms with Gasteiger partial charge >= 0.3 is 0 Å². The summed E-state index contributed by atoms with van der Waals surface area (Å²) in [4.78, 5) is 17.3. The summed E-state index contributed by atoms with van der Waals surface area (Å²) in [6.07, 6.45) is 3.83. The average Bonchev–Trinajstić information content (AvgIpc) is 2.71. The number of hydrogen-bond donors (Lipinski definition) is 1. The van der Waals surface area contributed by atoms with Gasteiger partial charge in [-0.2, -0.15) is 4.31 Å². The number of carbonyl (C=O) groups excluding carboxylic acids is 1. The first-order chi connectivity index (χ1) is 14.1. The normalized spacial score (nSPS) is 21.0. The van der Waals surface area contributed by atoms with Crippen LogP contribution in [0, 0.1) is 19.8 Å². The Balaban J connectivity index is 1.49. The maximum atomic E-state index is 13.0. The number of rotatable bonds is 5. The topological polar surface area (TPSA) is 81.2 Å². The number of benzene rings is 1. The van der Waals surface area contributed by atoms with E-state index in [0.717, 1.165) is 55.7 Å². The number of aromatic hydroxyl groups is 1. The summed E-state index contributed by atoms with van der Waals surface area (Å²) in [6.45, 7) is 9.92. The van der Waals surface area contributed by atoms with Crippen LogP contribution in [0.5, 0.6) is 5.75 Å². The van der Waals surface area contributed by atoms with Gasteiger partial charge in [0, 0.05) is 51.2 Å². The number of carbonyl (C=O) groups is 1. The molecule has 2 saturated heterocycles. The molecule has 0 bridgehead atoms. The van der Waals surface area contributed by atoms with E-state index in [1.54, 1.807) is 4.31 Å². The van der Waals surface area contributed by atoms with Crippen molar-refractivity contribution in [1.82, 2.24) is 14.1 Å². The van der Waals surface area contributed by atoms with Crippen molar-refractivity contribution in [2.75, 3.05) is 45.5 Å². The lowest BCUT2D eigenvalue weighted by molar-refractivity contribution is -0.136. The fourth-order valence-corrected chi connectivity index (χ4v) is 5.59. The first-order valence-electron chi connectivity index (χ1n) is 10.8. The highest BCUT2D eigenvalue weighted by Crippen LogP contribution is 2.26. The minimum Gasteiger partial charge on any atom is -0.507 e. The molecule has 1 amide bonds. The van der Waals surface area contributed by atoms with Crippen molar-refractivity contribution in [2.45, 2.75) is 46.1 Å². The number of phenolic OH excluding ortho intramolecular Hbond substituents is 1. The summed E-state index contributed by atoms with van der Waals surface area (Å²) in [5, 5.41) is 9.95. The summed E-state index contributed by atoms with van der Waals surface area (Å²) >= 11 is 0. The van der Waals surface area contributed by atoms with Crippen molar-refractivity contribution in [1.29, 1.82) is 0 Å². The Hall–Kier alpha value is -1.64. The van der Waals surface area contributed by atoms with Crippen LogP contribution in [0.1, 0.15) is 36.5 Å². The van der Waals surface area contributed by atoms with E-state index >= 15 is 0 Å². The lowest BCUT2D eigenvalue weighted by Crippen LogP contribution is -2.54. The van der Waals surface area contributed by atoms with Gasteiger partial charge < -0.3 is 10.0 Å². The molecule has 2 fully saturated rings. The van der Waals surface area contributed by atoms with Crippen LogP contribution in [0.15, 0.2) is 12.1 Å². The molecule has 2 aliphatic heterocycles. The molecule has 0 spiro atoms. The Bertz CT molecular complexity index is 847. The van der Waals surface area contributed by atoms with Crippen LogP contribution in [0.3, 0.4) is 0 Å². The van der Waals surface area contributed by atoms with Crippen molar-refractivity contribution >= 4 is 15.9 Å². The fourth-order valence-electron chi connectivity index (χ4n) is 4.77. The summed E-state index contributed by atoms with van der Waals surface area (Å²) in [5.41, 5.74) is 2.78. The van der Waals surface area contributed by atoms with Crippen LogP contribution in [-0.2, 0) is 21.2 Å². The molecule has 0 aliphatic carbocycles. The van der Waals surface area contributed by atoms with Gasteiger partial charge in [-0.1, -0.05) is 19.1 Å².